The van der Waals surface area contributed by atoms with E-state index in [0.29, 0.717) is 30.2 Å². The number of nitrogens with one attached hydrogen (secondary N) is 1. The Morgan fingerprint density at radius 3 is 2.13 bits per heavy atom. The fourth-order valence-corrected chi connectivity index (χ4v) is 6.48. The molecule has 10 heteroatoms. The molecule has 0 aromatic heterocycles. The van der Waals surface area contributed by atoms with Gasteiger partial charge >= 0.3 is 0 Å². The molecule has 0 saturated carbocycles. The van der Waals surface area contributed by atoms with Gasteiger partial charge in [-0.05, 0) is 86.0 Å². The fraction of sp³-hybridized carbons (Fsp3) is 0.297. The van der Waals surface area contributed by atoms with Crippen molar-refractivity contribution in [2.45, 2.75) is 57.5 Å². The average molecular weight is 658 g/mol. The van der Waals surface area contributed by atoms with Crippen LogP contribution in [0.5, 0.6) is 17.2 Å². The highest BCUT2D eigenvalue weighted by molar-refractivity contribution is 7.92. The van der Waals surface area contributed by atoms with Gasteiger partial charge in [0.1, 0.15) is 29.8 Å². The average Bonchev–Trinajstić information content (AvgIpc) is 3.08. The molecule has 0 aliphatic heterocycles. The molecule has 0 spiro atoms. The van der Waals surface area contributed by atoms with Crippen molar-refractivity contribution in [2.75, 3.05) is 24.5 Å². The molecule has 0 heterocycles. The summed E-state index contributed by atoms with van der Waals surface area (Å²) >= 11 is 0. The number of amides is 2. The van der Waals surface area contributed by atoms with E-state index in [2.05, 4.69) is 5.32 Å². The summed E-state index contributed by atoms with van der Waals surface area (Å²) in [6, 6.07) is 28.7. The second kappa shape index (κ2) is 16.6. The highest BCUT2D eigenvalue weighted by atomic mass is 32.2. The SMILES string of the molecule is CCCCNC(=O)C(CC)N(Cc1cccc(OC)c1)C(=O)CN(c1ccc(Oc2ccccc2)cc1)S(=O)(=O)c1ccc(C)cc1. The minimum atomic E-state index is -4.20. The van der Waals surface area contributed by atoms with Crippen LogP contribution in [0.2, 0.25) is 0 Å². The van der Waals surface area contributed by atoms with Gasteiger partial charge in [-0.2, -0.15) is 0 Å². The molecule has 2 amide bonds. The van der Waals surface area contributed by atoms with E-state index in [4.69, 9.17) is 9.47 Å². The summed E-state index contributed by atoms with van der Waals surface area (Å²) in [6.07, 6.45) is 2.05. The van der Waals surface area contributed by atoms with E-state index in [0.717, 1.165) is 28.3 Å². The lowest BCUT2D eigenvalue weighted by Gasteiger charge is -2.33. The minimum absolute atomic E-state index is 0.0456. The van der Waals surface area contributed by atoms with E-state index in [-0.39, 0.29) is 23.0 Å². The number of benzene rings is 4. The van der Waals surface area contributed by atoms with Crippen molar-refractivity contribution in [2.24, 2.45) is 0 Å². The van der Waals surface area contributed by atoms with Crippen LogP contribution in [0.3, 0.4) is 0 Å². The van der Waals surface area contributed by atoms with Crippen LogP contribution in [0, 0.1) is 6.92 Å². The van der Waals surface area contributed by atoms with Crippen molar-refractivity contribution < 1.29 is 27.5 Å². The van der Waals surface area contributed by atoms with E-state index in [9.17, 15) is 18.0 Å². The predicted octanol–water partition coefficient (Wildman–Crippen LogP) is 6.71. The molecule has 47 heavy (non-hydrogen) atoms. The number of nitrogens with zero attached hydrogens (tertiary/aromatic N) is 2. The van der Waals surface area contributed by atoms with Gasteiger partial charge in [0.15, 0.2) is 0 Å². The zero-order valence-corrected chi connectivity index (χ0v) is 28.2. The number of carbonyl (C=O) groups is 2. The van der Waals surface area contributed by atoms with Gasteiger partial charge in [0.2, 0.25) is 11.8 Å². The van der Waals surface area contributed by atoms with Crippen molar-refractivity contribution >= 4 is 27.5 Å². The number of aryl methyl sites for hydroxylation is 1. The number of sulfonamides is 1. The topological polar surface area (TPSA) is 105 Å². The van der Waals surface area contributed by atoms with E-state index in [1.807, 2.05) is 63.2 Å². The summed E-state index contributed by atoms with van der Waals surface area (Å²) in [4.78, 5) is 29.3. The van der Waals surface area contributed by atoms with Gasteiger partial charge in [-0.25, -0.2) is 8.42 Å². The Hall–Kier alpha value is -4.83. The van der Waals surface area contributed by atoms with Gasteiger partial charge in [-0.3, -0.25) is 13.9 Å². The number of unbranched alkanes of at least 4 members (excludes halogenated alkanes) is 1. The van der Waals surface area contributed by atoms with Crippen LogP contribution in [0.1, 0.15) is 44.2 Å². The monoisotopic (exact) mass is 657 g/mol. The van der Waals surface area contributed by atoms with E-state index in [1.165, 1.54) is 17.0 Å². The van der Waals surface area contributed by atoms with Gasteiger partial charge in [-0.1, -0.05) is 68.3 Å². The summed E-state index contributed by atoms with van der Waals surface area (Å²) in [7, 11) is -2.64. The number of hydrogen-bond acceptors (Lipinski definition) is 6. The number of carbonyl (C=O) groups excluding carboxylic acids is 2. The zero-order chi connectivity index (χ0) is 33.8. The molecule has 0 saturated heterocycles. The van der Waals surface area contributed by atoms with Gasteiger partial charge in [0.25, 0.3) is 10.0 Å². The lowest BCUT2D eigenvalue weighted by molar-refractivity contribution is -0.140. The van der Waals surface area contributed by atoms with E-state index < -0.39 is 28.5 Å². The first-order chi connectivity index (χ1) is 22.7. The Bertz CT molecular complexity index is 1710. The first kappa shape index (κ1) is 35.0. The first-order valence-corrected chi connectivity index (χ1v) is 17.2. The number of para-hydroxylation sites is 1. The summed E-state index contributed by atoms with van der Waals surface area (Å²) in [5, 5.41) is 2.95. The molecule has 4 rings (SSSR count). The molecule has 1 atom stereocenters. The number of hydrogen-bond donors (Lipinski definition) is 1. The second-order valence-electron chi connectivity index (χ2n) is 11.2. The molecule has 1 N–H and O–H groups in total. The summed E-state index contributed by atoms with van der Waals surface area (Å²) in [6.45, 7) is 5.78. The Balaban J connectivity index is 1.72. The Morgan fingerprint density at radius 2 is 1.49 bits per heavy atom. The molecule has 9 nitrogen and oxygen atoms in total. The van der Waals surface area contributed by atoms with Crippen molar-refractivity contribution in [1.29, 1.82) is 0 Å². The molecule has 1 unspecified atom stereocenters. The van der Waals surface area contributed by atoms with Crippen molar-refractivity contribution in [3.63, 3.8) is 0 Å². The molecular formula is C37H43N3O6S. The van der Waals surface area contributed by atoms with Crippen molar-refractivity contribution in [3.05, 3.63) is 114 Å². The Morgan fingerprint density at radius 1 is 0.830 bits per heavy atom. The first-order valence-electron chi connectivity index (χ1n) is 15.8. The molecular weight excluding hydrogens is 614 g/mol. The summed E-state index contributed by atoms with van der Waals surface area (Å²) in [5.41, 5.74) is 1.92. The van der Waals surface area contributed by atoms with Crippen LogP contribution in [0.25, 0.3) is 0 Å². The van der Waals surface area contributed by atoms with Crippen LogP contribution in [-0.2, 0) is 26.2 Å². The predicted molar refractivity (Wildman–Crippen MR) is 184 cm³/mol. The lowest BCUT2D eigenvalue weighted by atomic mass is 10.1. The molecule has 248 valence electrons. The second-order valence-corrected chi connectivity index (χ2v) is 13.0. The maximum Gasteiger partial charge on any atom is 0.264 e. The normalized spacial score (nSPS) is 11.7. The molecule has 0 aliphatic carbocycles. The zero-order valence-electron chi connectivity index (χ0n) is 27.4. The minimum Gasteiger partial charge on any atom is -0.497 e. The van der Waals surface area contributed by atoms with Crippen molar-refractivity contribution in [1.82, 2.24) is 10.2 Å². The number of anilines is 1. The smallest absolute Gasteiger partial charge is 0.264 e. The van der Waals surface area contributed by atoms with Crippen molar-refractivity contribution in [3.8, 4) is 17.2 Å². The van der Waals surface area contributed by atoms with E-state index >= 15 is 0 Å². The molecule has 4 aromatic rings. The fourth-order valence-electron chi connectivity index (χ4n) is 5.06. The summed E-state index contributed by atoms with van der Waals surface area (Å²) in [5.74, 6) is 0.943. The van der Waals surface area contributed by atoms with Crippen LogP contribution in [0.15, 0.2) is 108 Å². The number of ether oxygens (including phenoxy) is 2. The summed E-state index contributed by atoms with van der Waals surface area (Å²) < 4.78 is 40.8. The molecule has 0 bridgehead atoms. The third-order valence-corrected chi connectivity index (χ3v) is 9.48. The number of methoxy groups -OCH3 is 1. The molecule has 0 radical (unpaired) electrons. The molecule has 0 aliphatic rings. The van der Waals surface area contributed by atoms with Gasteiger partial charge < -0.3 is 19.7 Å². The standard InChI is InChI=1S/C37H43N3O6S/c1-5-7-24-38-37(42)35(6-2)39(26-29-12-11-15-33(25-29)45-4)36(41)27-40(47(43,44)34-22-16-28(3)17-23-34)30-18-20-32(21-19-30)46-31-13-9-8-10-14-31/h8-23,25,35H,5-7,24,26-27H2,1-4H3,(H,38,42). The third kappa shape index (κ3) is 9.36. The molecule has 4 aromatic carbocycles. The maximum atomic E-state index is 14.3. The molecule has 0 fully saturated rings. The van der Waals surface area contributed by atoms with Crippen LogP contribution >= 0.6 is 0 Å². The Labute approximate surface area is 278 Å². The van der Waals surface area contributed by atoms with E-state index in [1.54, 1.807) is 55.6 Å². The number of rotatable bonds is 16. The highest BCUT2D eigenvalue weighted by Crippen LogP contribution is 2.29. The lowest BCUT2D eigenvalue weighted by Crippen LogP contribution is -2.52. The van der Waals surface area contributed by atoms with Gasteiger partial charge in [-0.15, -0.1) is 0 Å². The van der Waals surface area contributed by atoms with Crippen LogP contribution in [-0.4, -0.2) is 51.4 Å². The largest absolute Gasteiger partial charge is 0.497 e. The van der Waals surface area contributed by atoms with Gasteiger partial charge in [0.05, 0.1) is 17.7 Å². The van der Waals surface area contributed by atoms with Crippen LogP contribution < -0.4 is 19.1 Å². The van der Waals surface area contributed by atoms with Crippen LogP contribution in [0.4, 0.5) is 5.69 Å². The third-order valence-electron chi connectivity index (χ3n) is 7.69. The quantitative estimate of drug-likeness (QED) is 0.134. The Kier molecular flexibility index (Phi) is 12.4. The highest BCUT2D eigenvalue weighted by Gasteiger charge is 2.33. The van der Waals surface area contributed by atoms with Gasteiger partial charge in [0, 0.05) is 13.1 Å². The maximum absolute atomic E-state index is 14.3.